The van der Waals surface area contributed by atoms with Crippen molar-refractivity contribution in [2.45, 2.75) is 6.92 Å². The third kappa shape index (κ3) is 2.80. The highest BCUT2D eigenvalue weighted by Crippen LogP contribution is 2.07. The molecule has 2 aromatic heterocycles. The summed E-state index contributed by atoms with van der Waals surface area (Å²) in [4.78, 5) is 29.9. The fraction of sp³-hybridized carbons (Fsp3) is 0.154. The molecule has 7 heteroatoms. The molecular formula is C13H12ClN3O3. The lowest BCUT2D eigenvalue weighted by Gasteiger charge is -2.07. The number of nitrogens with zero attached hydrogens (tertiary/aromatic N) is 2. The molecule has 6 nitrogen and oxygen atoms in total. The first kappa shape index (κ1) is 14.1. The van der Waals surface area contributed by atoms with E-state index in [4.69, 9.17) is 16.5 Å². The number of carbonyl (C=O) groups is 1. The van der Waals surface area contributed by atoms with Gasteiger partial charge in [-0.05, 0) is 31.2 Å². The number of pyridine rings is 2. The molecule has 0 spiro atoms. The lowest BCUT2D eigenvalue weighted by atomic mass is 10.3. The number of hydrogen-bond donors (Lipinski definition) is 1. The van der Waals surface area contributed by atoms with Crippen LogP contribution in [-0.2, 0) is 4.74 Å². The SMILES string of the molecule is CCOC(=O)c1ccc(-n2cccc(NCl)c2=O)nc1. The van der Waals surface area contributed by atoms with E-state index in [9.17, 15) is 9.59 Å². The summed E-state index contributed by atoms with van der Waals surface area (Å²) in [5, 5.41) is 0. The second-order valence-corrected chi connectivity index (χ2v) is 4.01. The molecule has 0 bridgehead atoms. The van der Waals surface area contributed by atoms with Gasteiger partial charge in [-0.15, -0.1) is 0 Å². The van der Waals surface area contributed by atoms with Crippen LogP contribution in [-0.4, -0.2) is 22.1 Å². The highest BCUT2D eigenvalue weighted by molar-refractivity contribution is 6.23. The number of carbonyl (C=O) groups excluding carboxylic acids is 1. The molecule has 104 valence electrons. The summed E-state index contributed by atoms with van der Waals surface area (Å²) >= 11 is 5.45. The smallest absolute Gasteiger partial charge is 0.339 e. The molecule has 0 saturated heterocycles. The molecule has 0 radical (unpaired) electrons. The van der Waals surface area contributed by atoms with Gasteiger partial charge in [-0.1, -0.05) is 0 Å². The van der Waals surface area contributed by atoms with E-state index in [1.165, 1.54) is 10.8 Å². The van der Waals surface area contributed by atoms with E-state index < -0.39 is 5.97 Å². The van der Waals surface area contributed by atoms with E-state index in [-0.39, 0.29) is 11.2 Å². The van der Waals surface area contributed by atoms with Gasteiger partial charge in [0.25, 0.3) is 5.56 Å². The van der Waals surface area contributed by atoms with Gasteiger partial charge in [-0.2, -0.15) is 0 Å². The maximum atomic E-state index is 12.0. The summed E-state index contributed by atoms with van der Waals surface area (Å²) in [5.74, 6) is -0.0631. The van der Waals surface area contributed by atoms with E-state index in [1.807, 2.05) is 0 Å². The maximum Gasteiger partial charge on any atom is 0.339 e. The van der Waals surface area contributed by atoms with Gasteiger partial charge in [0.1, 0.15) is 11.5 Å². The molecule has 1 N–H and O–H groups in total. The Bertz CT molecular complexity index is 667. The average molecular weight is 294 g/mol. The monoisotopic (exact) mass is 293 g/mol. The van der Waals surface area contributed by atoms with Crippen molar-refractivity contribution >= 4 is 23.4 Å². The second kappa shape index (κ2) is 6.21. The van der Waals surface area contributed by atoms with Crippen molar-refractivity contribution in [3.8, 4) is 5.82 Å². The average Bonchev–Trinajstić information content (AvgIpc) is 2.48. The molecule has 0 amide bonds. The van der Waals surface area contributed by atoms with Gasteiger partial charge >= 0.3 is 5.97 Å². The Labute approximate surface area is 120 Å². The lowest BCUT2D eigenvalue weighted by Crippen LogP contribution is -2.20. The zero-order valence-electron chi connectivity index (χ0n) is 10.7. The topological polar surface area (TPSA) is 73.2 Å². The van der Waals surface area contributed by atoms with Crippen molar-refractivity contribution < 1.29 is 9.53 Å². The molecule has 0 aliphatic rings. The molecule has 0 atom stereocenters. The van der Waals surface area contributed by atoms with E-state index >= 15 is 0 Å². The van der Waals surface area contributed by atoms with Crippen molar-refractivity contribution in [1.82, 2.24) is 9.55 Å². The summed E-state index contributed by atoms with van der Waals surface area (Å²) < 4.78 is 6.18. The zero-order chi connectivity index (χ0) is 14.5. The maximum absolute atomic E-state index is 12.0. The van der Waals surface area contributed by atoms with Crippen LogP contribution in [0.15, 0.2) is 41.5 Å². The number of aromatic nitrogens is 2. The Hall–Kier alpha value is -2.34. The Morgan fingerprint density at radius 3 is 2.85 bits per heavy atom. The summed E-state index contributed by atoms with van der Waals surface area (Å²) in [6.45, 7) is 2.02. The molecule has 0 unspecified atom stereocenters. The molecule has 20 heavy (non-hydrogen) atoms. The third-order valence-electron chi connectivity index (χ3n) is 2.55. The van der Waals surface area contributed by atoms with Gasteiger partial charge in [0.15, 0.2) is 0 Å². The first-order valence-electron chi connectivity index (χ1n) is 5.89. The minimum absolute atomic E-state index is 0.241. The standard InChI is InChI=1S/C13H12ClN3O3/c1-2-20-13(19)9-5-6-11(15-8-9)17-7-3-4-10(16-14)12(17)18/h3-8,16H,2H2,1H3. The summed E-state index contributed by atoms with van der Waals surface area (Å²) in [6, 6.07) is 6.32. The highest BCUT2D eigenvalue weighted by Gasteiger charge is 2.09. The molecule has 2 aromatic rings. The number of rotatable bonds is 4. The zero-order valence-corrected chi connectivity index (χ0v) is 11.4. The molecule has 0 fully saturated rings. The van der Waals surface area contributed by atoms with Crippen LogP contribution in [0.4, 0.5) is 5.69 Å². The Morgan fingerprint density at radius 2 is 2.25 bits per heavy atom. The normalized spacial score (nSPS) is 10.1. The van der Waals surface area contributed by atoms with Crippen LogP contribution >= 0.6 is 11.8 Å². The van der Waals surface area contributed by atoms with Gasteiger partial charge < -0.3 is 4.74 Å². The molecular weight excluding hydrogens is 282 g/mol. The van der Waals surface area contributed by atoms with Gasteiger partial charge in [0.05, 0.1) is 12.2 Å². The summed E-state index contributed by atoms with van der Waals surface area (Å²) in [7, 11) is 0. The third-order valence-corrected chi connectivity index (χ3v) is 2.76. The molecule has 0 aliphatic carbocycles. The summed E-state index contributed by atoms with van der Waals surface area (Å²) in [6.07, 6.45) is 2.92. The number of anilines is 1. The lowest BCUT2D eigenvalue weighted by molar-refractivity contribution is 0.0526. The van der Waals surface area contributed by atoms with Crippen LogP contribution < -0.4 is 10.4 Å². The van der Waals surface area contributed by atoms with Crippen molar-refractivity contribution in [2.75, 3.05) is 11.4 Å². The van der Waals surface area contributed by atoms with Crippen LogP contribution in [0.3, 0.4) is 0 Å². The Kier molecular flexibility index (Phi) is 4.37. The first-order valence-corrected chi connectivity index (χ1v) is 6.27. The molecule has 2 rings (SSSR count). The van der Waals surface area contributed by atoms with Gasteiger partial charge in [-0.25, -0.2) is 9.78 Å². The van der Waals surface area contributed by atoms with Crippen molar-refractivity contribution in [1.29, 1.82) is 0 Å². The minimum atomic E-state index is -0.449. The number of ether oxygens (including phenoxy) is 1. The largest absolute Gasteiger partial charge is 0.462 e. The predicted molar refractivity (Wildman–Crippen MR) is 75.3 cm³/mol. The fourth-order valence-corrected chi connectivity index (χ4v) is 1.75. The van der Waals surface area contributed by atoms with Crippen molar-refractivity contribution in [2.24, 2.45) is 0 Å². The van der Waals surface area contributed by atoms with Crippen molar-refractivity contribution in [3.63, 3.8) is 0 Å². The van der Waals surface area contributed by atoms with Crippen LogP contribution in [0, 0.1) is 0 Å². The Morgan fingerprint density at radius 1 is 1.45 bits per heavy atom. The fourth-order valence-electron chi connectivity index (χ4n) is 1.61. The minimum Gasteiger partial charge on any atom is -0.462 e. The quantitative estimate of drug-likeness (QED) is 0.689. The van der Waals surface area contributed by atoms with E-state index in [0.717, 1.165) is 0 Å². The second-order valence-electron chi connectivity index (χ2n) is 3.82. The molecule has 0 aromatic carbocycles. The van der Waals surface area contributed by atoms with Crippen LogP contribution in [0.5, 0.6) is 0 Å². The molecule has 0 saturated carbocycles. The summed E-state index contributed by atoms with van der Waals surface area (Å²) in [5.41, 5.74) is 0.236. The Balaban J connectivity index is 2.36. The van der Waals surface area contributed by atoms with Crippen LogP contribution in [0.1, 0.15) is 17.3 Å². The first-order chi connectivity index (χ1) is 9.67. The van der Waals surface area contributed by atoms with Gasteiger partial charge in [-0.3, -0.25) is 14.2 Å². The van der Waals surface area contributed by atoms with E-state index in [0.29, 0.717) is 18.0 Å². The number of halogens is 1. The highest BCUT2D eigenvalue weighted by atomic mass is 35.5. The van der Waals surface area contributed by atoms with Gasteiger partial charge in [0, 0.05) is 24.2 Å². The molecule has 2 heterocycles. The predicted octanol–water partition coefficient (Wildman–Crippen LogP) is 1.97. The number of nitrogens with one attached hydrogen (secondary N) is 1. The van der Waals surface area contributed by atoms with Crippen LogP contribution in [0.2, 0.25) is 0 Å². The molecule has 0 aliphatic heterocycles. The van der Waals surface area contributed by atoms with Gasteiger partial charge in [0.2, 0.25) is 0 Å². The number of esters is 1. The van der Waals surface area contributed by atoms with E-state index in [2.05, 4.69) is 9.82 Å². The number of hydrogen-bond acceptors (Lipinski definition) is 5. The van der Waals surface area contributed by atoms with Crippen molar-refractivity contribution in [3.05, 3.63) is 52.6 Å². The van der Waals surface area contributed by atoms with E-state index in [1.54, 1.807) is 37.4 Å². The van der Waals surface area contributed by atoms with Crippen LogP contribution in [0.25, 0.3) is 5.82 Å².